The van der Waals surface area contributed by atoms with Crippen molar-refractivity contribution in [3.63, 3.8) is 0 Å². The number of hydrogen-bond donors (Lipinski definition) is 5. The molecule has 5 N–H and O–H groups in total. The molecule has 0 radical (unpaired) electrons. The molecule has 0 unspecified atom stereocenters. The molecule has 0 bridgehead atoms. The van der Waals surface area contributed by atoms with Gasteiger partial charge >= 0.3 is 15.2 Å². The Morgan fingerprint density at radius 2 is 1.40 bits per heavy atom. The average Bonchev–Trinajstić information content (AvgIpc) is 2.46. The molecule has 0 saturated carbocycles. The summed E-state index contributed by atoms with van der Waals surface area (Å²) >= 11 is 0. The lowest BCUT2D eigenvalue weighted by molar-refractivity contribution is -0.121. The van der Waals surface area contributed by atoms with Gasteiger partial charge in [-0.25, -0.2) is 0 Å². The predicted octanol–water partition coefficient (Wildman–Crippen LogP) is -0.366. The molecule has 0 aliphatic rings. The monoisotopic (exact) mass is 407 g/mol. The van der Waals surface area contributed by atoms with E-state index in [1.807, 2.05) is 6.92 Å². The molecule has 0 rings (SSSR count). The fourth-order valence-electron chi connectivity index (χ4n) is 1.73. The molecule has 0 aliphatic carbocycles. The minimum absolute atomic E-state index is 0.161. The zero-order valence-corrected chi connectivity index (χ0v) is 15.9. The maximum absolute atomic E-state index is 11.5. The average molecular weight is 407 g/mol. The van der Waals surface area contributed by atoms with Crippen molar-refractivity contribution < 1.29 is 47.7 Å². The Labute approximate surface area is 146 Å². The van der Waals surface area contributed by atoms with Crippen LogP contribution in [0.3, 0.4) is 0 Å². The lowest BCUT2D eigenvalue weighted by atomic mass is 10.3. The number of carbonyl (C=O) groups is 1. The summed E-state index contributed by atoms with van der Waals surface area (Å²) in [6, 6.07) is 0. The molecule has 0 aromatic heterocycles. The Hall–Kier alpha value is -0.350. The van der Waals surface area contributed by atoms with E-state index in [-0.39, 0.29) is 13.2 Å². The van der Waals surface area contributed by atoms with Gasteiger partial charge in [-0.15, -0.1) is 0 Å². The fourth-order valence-corrected chi connectivity index (χ4v) is 4.23. The molecule has 0 aromatic carbocycles. The third kappa shape index (κ3) is 13.5. The summed E-state index contributed by atoms with van der Waals surface area (Å²) in [4.78, 5) is 47.3. The van der Waals surface area contributed by atoms with Crippen molar-refractivity contribution in [2.45, 2.75) is 25.2 Å². The quantitative estimate of drug-likeness (QED) is 0.178. The highest BCUT2D eigenvalue weighted by Gasteiger charge is 2.43. The Balaban J connectivity index is 3.77. The third-order valence-electron chi connectivity index (χ3n) is 2.92. The number of hydrogen-bond acceptors (Lipinski definition) is 6. The molecule has 0 saturated heterocycles. The van der Waals surface area contributed by atoms with Gasteiger partial charge < -0.3 is 39.1 Å². The number of carbonyl (C=O) groups excluding carboxylic acids is 1. The van der Waals surface area contributed by atoms with E-state index in [1.165, 1.54) is 0 Å². The largest absolute Gasteiger partial charge is 0.379 e. The van der Waals surface area contributed by atoms with Crippen LogP contribution < -0.4 is 5.32 Å². The molecule has 11 nitrogen and oxygen atoms in total. The fraction of sp³-hybridized carbons (Fsp3) is 0.917. The van der Waals surface area contributed by atoms with Crippen molar-refractivity contribution in [3.05, 3.63) is 0 Å². The second-order valence-corrected chi connectivity index (χ2v) is 8.98. The molecule has 1 amide bonds. The number of ether oxygens (including phenoxy) is 3. The van der Waals surface area contributed by atoms with E-state index in [2.05, 4.69) is 5.32 Å². The van der Waals surface area contributed by atoms with Gasteiger partial charge in [-0.3, -0.25) is 13.9 Å². The number of amides is 1. The summed E-state index contributed by atoms with van der Waals surface area (Å²) in [5.41, 5.74) is 0. The second-order valence-electron chi connectivity index (χ2n) is 4.97. The van der Waals surface area contributed by atoms with Crippen LogP contribution in [0.25, 0.3) is 0 Å². The van der Waals surface area contributed by atoms with Crippen molar-refractivity contribution in [1.29, 1.82) is 0 Å². The van der Waals surface area contributed by atoms with Crippen LogP contribution in [-0.4, -0.2) is 77.1 Å². The van der Waals surface area contributed by atoms with Gasteiger partial charge in [-0.1, -0.05) is 0 Å². The van der Waals surface area contributed by atoms with Gasteiger partial charge in [0.05, 0.1) is 33.0 Å². The molecule has 150 valence electrons. The molecule has 0 spiro atoms. The van der Waals surface area contributed by atoms with Crippen molar-refractivity contribution in [2.75, 3.05) is 46.2 Å². The number of nitrogens with one attached hydrogen (secondary N) is 1. The van der Waals surface area contributed by atoms with Gasteiger partial charge in [0, 0.05) is 19.6 Å². The maximum Gasteiger partial charge on any atom is 0.340 e. The molecule has 25 heavy (non-hydrogen) atoms. The van der Waals surface area contributed by atoms with Crippen molar-refractivity contribution >= 4 is 21.1 Å². The molecule has 13 heteroatoms. The second kappa shape index (κ2) is 12.9. The van der Waals surface area contributed by atoms with E-state index in [1.54, 1.807) is 0 Å². The van der Waals surface area contributed by atoms with E-state index >= 15 is 0 Å². The molecular formula is C12H27NO10P2. The Kier molecular flexibility index (Phi) is 12.7. The first-order valence-corrected chi connectivity index (χ1v) is 11.1. The standard InChI is InChI=1S/C12H27NO10P2/c1-2-21-7-8-23-10-9-22-6-5-13-11(14)3-4-12(24(15,16)17)25(18,19)20/h12H,2-10H2,1H3,(H,13,14)(H2,15,16,17)(H2,18,19,20). The number of rotatable bonds is 15. The Morgan fingerprint density at radius 3 is 1.88 bits per heavy atom. The van der Waals surface area contributed by atoms with E-state index in [0.29, 0.717) is 33.0 Å². The van der Waals surface area contributed by atoms with Crippen LogP contribution in [0.5, 0.6) is 0 Å². The van der Waals surface area contributed by atoms with Crippen LogP contribution >= 0.6 is 15.2 Å². The van der Waals surface area contributed by atoms with Crippen LogP contribution in [0.4, 0.5) is 0 Å². The minimum Gasteiger partial charge on any atom is -0.379 e. The summed E-state index contributed by atoms with van der Waals surface area (Å²) in [5.74, 6) is -0.580. The van der Waals surface area contributed by atoms with Gasteiger partial charge in [0.1, 0.15) is 0 Å². The molecular weight excluding hydrogens is 380 g/mol. The summed E-state index contributed by atoms with van der Waals surface area (Å²) in [5, 5.41) is 0.259. The van der Waals surface area contributed by atoms with Crippen LogP contribution in [-0.2, 0) is 28.1 Å². The lowest BCUT2D eigenvalue weighted by Crippen LogP contribution is -2.28. The van der Waals surface area contributed by atoms with Crippen LogP contribution in [0.1, 0.15) is 19.8 Å². The van der Waals surface area contributed by atoms with Crippen LogP contribution in [0, 0.1) is 0 Å². The van der Waals surface area contributed by atoms with E-state index < -0.39 is 39.3 Å². The Bertz CT molecular complexity index is 441. The first kappa shape index (κ1) is 24.7. The maximum atomic E-state index is 11.5. The van der Waals surface area contributed by atoms with Gasteiger partial charge in [0.15, 0.2) is 5.40 Å². The highest BCUT2D eigenvalue weighted by atomic mass is 31.2. The normalized spacial score (nSPS) is 12.6. The smallest absolute Gasteiger partial charge is 0.340 e. The molecule has 0 aromatic rings. The first-order valence-electron chi connectivity index (χ1n) is 7.69. The zero-order valence-electron chi connectivity index (χ0n) is 14.1. The predicted molar refractivity (Wildman–Crippen MR) is 88.3 cm³/mol. The molecule has 0 atom stereocenters. The SMILES string of the molecule is CCOCCOCCOCCNC(=O)CCC(P(=O)(O)O)P(=O)(O)O. The van der Waals surface area contributed by atoms with Crippen LogP contribution in [0.15, 0.2) is 0 Å². The Morgan fingerprint density at radius 1 is 0.920 bits per heavy atom. The van der Waals surface area contributed by atoms with Crippen molar-refractivity contribution in [1.82, 2.24) is 5.32 Å². The van der Waals surface area contributed by atoms with E-state index in [9.17, 15) is 13.9 Å². The summed E-state index contributed by atoms with van der Waals surface area (Å²) in [7, 11) is -10.00. The summed E-state index contributed by atoms with van der Waals surface area (Å²) in [6.07, 6.45) is -1.03. The van der Waals surface area contributed by atoms with Crippen molar-refractivity contribution in [2.24, 2.45) is 0 Å². The minimum atomic E-state index is -5.00. The highest BCUT2D eigenvalue weighted by Crippen LogP contribution is 2.61. The van der Waals surface area contributed by atoms with Gasteiger partial charge in [0.2, 0.25) is 5.91 Å². The first-order chi connectivity index (χ1) is 11.6. The van der Waals surface area contributed by atoms with Crippen LogP contribution in [0.2, 0.25) is 0 Å². The summed E-state index contributed by atoms with van der Waals surface area (Å²) in [6.45, 7) is 4.58. The van der Waals surface area contributed by atoms with E-state index in [0.717, 1.165) is 0 Å². The zero-order chi connectivity index (χ0) is 19.3. The third-order valence-corrected chi connectivity index (χ3v) is 6.80. The molecule has 0 fully saturated rings. The van der Waals surface area contributed by atoms with Gasteiger partial charge in [0.25, 0.3) is 0 Å². The lowest BCUT2D eigenvalue weighted by Gasteiger charge is -2.19. The highest BCUT2D eigenvalue weighted by molar-refractivity contribution is 7.70. The van der Waals surface area contributed by atoms with Gasteiger partial charge in [-0.05, 0) is 13.3 Å². The molecule has 0 heterocycles. The molecule has 0 aliphatic heterocycles. The van der Waals surface area contributed by atoms with Gasteiger partial charge in [-0.2, -0.15) is 0 Å². The summed E-state index contributed by atoms with van der Waals surface area (Å²) < 4.78 is 37.6. The van der Waals surface area contributed by atoms with Crippen molar-refractivity contribution in [3.8, 4) is 0 Å². The topological polar surface area (TPSA) is 172 Å². The van der Waals surface area contributed by atoms with E-state index in [4.69, 9.17) is 33.8 Å².